The zero-order chi connectivity index (χ0) is 20.1. The number of nitrogens with two attached hydrogens (primary N) is 1. The predicted molar refractivity (Wildman–Crippen MR) is 95.4 cm³/mol. The van der Waals surface area contributed by atoms with E-state index >= 15 is 0 Å². The third kappa shape index (κ3) is 3.44. The topological polar surface area (TPSA) is 80.8 Å². The highest BCUT2D eigenvalue weighted by molar-refractivity contribution is 6.38. The highest BCUT2D eigenvalue weighted by atomic mass is 35.5. The Kier molecular flexibility index (Phi) is 4.99. The molecule has 0 radical (unpaired) electrons. The summed E-state index contributed by atoms with van der Waals surface area (Å²) >= 11 is 23.7. The Labute approximate surface area is 169 Å². The molecule has 0 aliphatic rings. The second kappa shape index (κ2) is 6.84. The SMILES string of the molecule is N#Cc1nn(-c2c(Cl)cc(C(F)(F)F)cc2Cl)c(N)c1-c1cc(Cl)oc1Cl. The molecular weight excluding hydrogens is 451 g/mol. The Balaban J connectivity index is 2.26. The largest absolute Gasteiger partial charge is 0.433 e. The number of nitriles is 1. The van der Waals surface area contributed by atoms with E-state index in [9.17, 15) is 18.4 Å². The second-order valence-corrected chi connectivity index (χ2v) is 6.69. The van der Waals surface area contributed by atoms with Crippen molar-refractivity contribution in [1.82, 2.24) is 9.78 Å². The number of furan rings is 1. The van der Waals surface area contributed by atoms with Crippen LogP contribution in [-0.4, -0.2) is 9.78 Å². The third-order valence-electron chi connectivity index (χ3n) is 3.51. The quantitative estimate of drug-likeness (QED) is 0.497. The summed E-state index contributed by atoms with van der Waals surface area (Å²) in [7, 11) is 0. The summed E-state index contributed by atoms with van der Waals surface area (Å²) < 4.78 is 44.7. The van der Waals surface area contributed by atoms with Gasteiger partial charge in [0.2, 0.25) is 5.22 Å². The minimum atomic E-state index is -4.65. The van der Waals surface area contributed by atoms with Crippen LogP contribution < -0.4 is 5.73 Å². The van der Waals surface area contributed by atoms with Crippen LogP contribution in [0.25, 0.3) is 16.8 Å². The number of hydrogen-bond acceptors (Lipinski definition) is 4. The maximum absolute atomic E-state index is 12.9. The van der Waals surface area contributed by atoms with Gasteiger partial charge in [-0.25, -0.2) is 4.68 Å². The number of hydrogen-bond donors (Lipinski definition) is 1. The molecule has 0 bridgehead atoms. The van der Waals surface area contributed by atoms with E-state index in [4.69, 9.17) is 56.6 Å². The number of benzene rings is 1. The molecule has 3 aromatic rings. The molecule has 0 atom stereocenters. The lowest BCUT2D eigenvalue weighted by Gasteiger charge is -2.13. The first-order valence-corrected chi connectivity index (χ1v) is 8.36. The van der Waals surface area contributed by atoms with Crippen LogP contribution >= 0.6 is 46.4 Å². The van der Waals surface area contributed by atoms with Gasteiger partial charge in [-0.15, -0.1) is 0 Å². The standard InChI is InChI=1S/C15H5Cl4F3N4O/c16-7-1-5(15(20,21)22)2-8(17)12(7)26-14(24)11(9(4-23)25-26)6-3-10(18)27-13(6)19/h1-3H,24H2. The Bertz CT molecular complexity index is 1070. The number of aromatic nitrogens is 2. The zero-order valence-electron chi connectivity index (χ0n) is 12.7. The summed E-state index contributed by atoms with van der Waals surface area (Å²) in [5.41, 5.74) is 4.95. The van der Waals surface area contributed by atoms with E-state index in [0.717, 1.165) is 4.68 Å². The Morgan fingerprint density at radius 3 is 2.15 bits per heavy atom. The fraction of sp³-hybridized carbons (Fsp3) is 0.0667. The Morgan fingerprint density at radius 2 is 1.70 bits per heavy atom. The van der Waals surface area contributed by atoms with Gasteiger partial charge in [-0.1, -0.05) is 23.2 Å². The average Bonchev–Trinajstić information content (AvgIpc) is 3.04. The zero-order valence-corrected chi connectivity index (χ0v) is 15.7. The number of halogens is 7. The highest BCUT2D eigenvalue weighted by Gasteiger charge is 2.33. The molecule has 0 saturated carbocycles. The molecule has 0 aliphatic carbocycles. The fourth-order valence-electron chi connectivity index (χ4n) is 2.39. The minimum Gasteiger partial charge on any atom is -0.433 e. The van der Waals surface area contributed by atoms with Crippen molar-refractivity contribution in [1.29, 1.82) is 5.26 Å². The molecule has 1 aromatic carbocycles. The van der Waals surface area contributed by atoms with Crippen molar-refractivity contribution in [2.24, 2.45) is 0 Å². The van der Waals surface area contributed by atoms with Crippen molar-refractivity contribution in [2.45, 2.75) is 6.18 Å². The molecule has 2 aromatic heterocycles. The van der Waals surface area contributed by atoms with Gasteiger partial charge >= 0.3 is 6.18 Å². The Hall–Kier alpha value is -2.05. The third-order valence-corrected chi connectivity index (χ3v) is 4.55. The monoisotopic (exact) mass is 454 g/mol. The molecule has 0 amide bonds. The lowest BCUT2D eigenvalue weighted by molar-refractivity contribution is -0.137. The van der Waals surface area contributed by atoms with Crippen molar-refractivity contribution >= 4 is 52.2 Å². The van der Waals surface area contributed by atoms with Crippen LogP contribution in [0.2, 0.25) is 20.5 Å². The van der Waals surface area contributed by atoms with Crippen LogP contribution in [0.4, 0.5) is 19.0 Å². The van der Waals surface area contributed by atoms with E-state index in [2.05, 4.69) is 5.10 Å². The number of anilines is 1. The molecule has 140 valence electrons. The van der Waals surface area contributed by atoms with E-state index in [1.165, 1.54) is 6.07 Å². The summed E-state index contributed by atoms with van der Waals surface area (Å²) in [5, 5.41) is 12.4. The summed E-state index contributed by atoms with van der Waals surface area (Å²) in [4.78, 5) is 0. The second-order valence-electron chi connectivity index (χ2n) is 5.16. The molecule has 12 heteroatoms. The molecule has 27 heavy (non-hydrogen) atoms. The van der Waals surface area contributed by atoms with E-state index in [1.807, 2.05) is 6.07 Å². The first-order chi connectivity index (χ1) is 12.5. The van der Waals surface area contributed by atoms with Crippen molar-refractivity contribution in [3.8, 4) is 22.9 Å². The van der Waals surface area contributed by atoms with Crippen LogP contribution in [0.15, 0.2) is 22.6 Å². The molecule has 0 aliphatic heterocycles. The fourth-order valence-corrected chi connectivity index (χ4v) is 3.49. The first-order valence-electron chi connectivity index (χ1n) is 6.85. The molecule has 0 spiro atoms. The van der Waals surface area contributed by atoms with Crippen LogP contribution in [0.5, 0.6) is 0 Å². The van der Waals surface area contributed by atoms with Gasteiger partial charge in [-0.05, 0) is 35.3 Å². The van der Waals surface area contributed by atoms with Gasteiger partial charge in [0.25, 0.3) is 0 Å². The normalized spacial score (nSPS) is 11.6. The van der Waals surface area contributed by atoms with Gasteiger partial charge < -0.3 is 10.2 Å². The molecule has 0 saturated heterocycles. The summed E-state index contributed by atoms with van der Waals surface area (Å²) in [6.45, 7) is 0. The number of rotatable bonds is 2. The lowest BCUT2D eigenvalue weighted by Crippen LogP contribution is -2.08. The molecule has 0 unspecified atom stereocenters. The summed E-state index contributed by atoms with van der Waals surface area (Å²) in [6.07, 6.45) is -4.65. The van der Waals surface area contributed by atoms with E-state index in [-0.39, 0.29) is 48.8 Å². The number of alkyl halides is 3. The van der Waals surface area contributed by atoms with Crippen molar-refractivity contribution in [3.63, 3.8) is 0 Å². The van der Waals surface area contributed by atoms with Gasteiger partial charge in [0.05, 0.1) is 21.2 Å². The van der Waals surface area contributed by atoms with Gasteiger partial charge in [-0.3, -0.25) is 0 Å². The number of nitrogen functional groups attached to an aromatic ring is 1. The van der Waals surface area contributed by atoms with Crippen molar-refractivity contribution in [2.75, 3.05) is 5.73 Å². The molecule has 5 nitrogen and oxygen atoms in total. The minimum absolute atomic E-state index is 0.0587. The number of nitrogens with zero attached hydrogens (tertiary/aromatic N) is 3. The Morgan fingerprint density at radius 1 is 1.11 bits per heavy atom. The molecule has 3 rings (SSSR count). The van der Waals surface area contributed by atoms with Crippen LogP contribution in [-0.2, 0) is 6.18 Å². The average molecular weight is 456 g/mol. The summed E-state index contributed by atoms with van der Waals surface area (Å²) in [6, 6.07) is 4.49. The smallest absolute Gasteiger partial charge is 0.416 e. The maximum Gasteiger partial charge on any atom is 0.416 e. The first kappa shape index (κ1) is 19.7. The molecule has 2 N–H and O–H groups in total. The predicted octanol–water partition coefficient (Wildman–Crippen LogP) is 6.22. The maximum atomic E-state index is 12.9. The highest BCUT2D eigenvalue weighted by Crippen LogP contribution is 2.42. The van der Waals surface area contributed by atoms with Crippen LogP contribution in [0.3, 0.4) is 0 Å². The van der Waals surface area contributed by atoms with Gasteiger partial charge in [0.1, 0.15) is 17.6 Å². The van der Waals surface area contributed by atoms with E-state index in [1.54, 1.807) is 0 Å². The van der Waals surface area contributed by atoms with Gasteiger partial charge in [-0.2, -0.15) is 23.5 Å². The van der Waals surface area contributed by atoms with Crippen LogP contribution in [0.1, 0.15) is 11.3 Å². The summed E-state index contributed by atoms with van der Waals surface area (Å²) in [5.74, 6) is -0.144. The molecular formula is C15H5Cl4F3N4O. The van der Waals surface area contributed by atoms with E-state index in [0.29, 0.717) is 12.1 Å². The van der Waals surface area contributed by atoms with Crippen molar-refractivity contribution in [3.05, 3.63) is 49.9 Å². The van der Waals surface area contributed by atoms with Gasteiger partial charge in [0, 0.05) is 11.6 Å². The van der Waals surface area contributed by atoms with Crippen molar-refractivity contribution < 1.29 is 17.6 Å². The molecule has 0 fully saturated rings. The lowest BCUT2D eigenvalue weighted by atomic mass is 10.1. The van der Waals surface area contributed by atoms with E-state index < -0.39 is 11.7 Å². The van der Waals surface area contributed by atoms with Gasteiger partial charge in [0.15, 0.2) is 10.9 Å². The van der Waals surface area contributed by atoms with Crippen LogP contribution in [0, 0.1) is 11.3 Å². The molecule has 2 heterocycles.